The standard InChI is InChI=1S/C41H39NO2/c1-42(2)31-19-17-30(18-20-31)41(29-12-5-4-6-13-29)24-23-37-39-33-14-8-7-11-27(33)25-28-26-32(43-3)21-22-34(28)38(39)35-15-9-10-16-36(35)40(37)44-41/h4-6,9-10,12-13,15-24,26-27,33H,7-8,11,14,25H2,1-3H3. The second-order valence-corrected chi connectivity index (χ2v) is 12.9. The maximum absolute atomic E-state index is 7.50. The Morgan fingerprint density at radius 2 is 1.52 bits per heavy atom. The summed E-state index contributed by atoms with van der Waals surface area (Å²) in [5.41, 5.74) is 9.58. The van der Waals surface area contributed by atoms with Crippen molar-refractivity contribution in [1.29, 1.82) is 0 Å². The van der Waals surface area contributed by atoms with Crippen molar-refractivity contribution >= 4 is 22.5 Å². The molecule has 0 amide bonds. The molecule has 0 bridgehead atoms. The highest BCUT2D eigenvalue weighted by Crippen LogP contribution is 2.56. The molecule has 3 unspecified atom stereocenters. The van der Waals surface area contributed by atoms with E-state index < -0.39 is 5.60 Å². The molecule has 1 fully saturated rings. The molecule has 3 nitrogen and oxygen atoms in total. The molecule has 0 spiro atoms. The summed E-state index contributed by atoms with van der Waals surface area (Å²) in [4.78, 5) is 2.14. The van der Waals surface area contributed by atoms with Crippen LogP contribution in [0.1, 0.15) is 59.4 Å². The molecular weight excluding hydrogens is 538 g/mol. The number of fused-ring (bicyclic) bond motifs is 10. The SMILES string of the molecule is COc1ccc2c(c1)CC1CCCCC1c1c3c(c4ccccc4c1-2)OC(c1ccccc1)(c1ccc(N(C)C)cc1)C=C3. The van der Waals surface area contributed by atoms with Crippen LogP contribution in [0.25, 0.3) is 28.0 Å². The lowest BCUT2D eigenvalue weighted by Crippen LogP contribution is -2.35. The lowest BCUT2D eigenvalue weighted by Gasteiger charge is -2.39. The molecular formula is C41H39NO2. The molecule has 3 heteroatoms. The van der Waals surface area contributed by atoms with Crippen molar-refractivity contribution < 1.29 is 9.47 Å². The van der Waals surface area contributed by atoms with E-state index in [9.17, 15) is 0 Å². The zero-order valence-corrected chi connectivity index (χ0v) is 25.8. The molecule has 1 heterocycles. The number of benzene rings is 5. The summed E-state index contributed by atoms with van der Waals surface area (Å²) in [6.07, 6.45) is 10.9. The number of nitrogens with zero attached hydrogens (tertiary/aromatic N) is 1. The van der Waals surface area contributed by atoms with Crippen molar-refractivity contribution in [1.82, 2.24) is 0 Å². The summed E-state index contributed by atoms with van der Waals surface area (Å²) < 4.78 is 13.2. The minimum Gasteiger partial charge on any atom is -0.497 e. The first kappa shape index (κ1) is 27.1. The van der Waals surface area contributed by atoms with Gasteiger partial charge < -0.3 is 14.4 Å². The van der Waals surface area contributed by atoms with E-state index in [1.165, 1.54) is 70.0 Å². The smallest absolute Gasteiger partial charge is 0.178 e. The Hall–Kier alpha value is -4.50. The topological polar surface area (TPSA) is 21.7 Å². The Bertz CT molecular complexity index is 1890. The molecule has 5 aromatic rings. The van der Waals surface area contributed by atoms with Crippen molar-refractivity contribution in [2.24, 2.45) is 5.92 Å². The molecule has 0 saturated heterocycles. The third-order valence-electron chi connectivity index (χ3n) is 10.4. The van der Waals surface area contributed by atoms with Gasteiger partial charge in [-0.15, -0.1) is 0 Å². The molecule has 3 aliphatic rings. The van der Waals surface area contributed by atoms with Gasteiger partial charge in [0.15, 0.2) is 5.60 Å². The van der Waals surface area contributed by atoms with Crippen molar-refractivity contribution in [2.75, 3.05) is 26.1 Å². The molecule has 3 atom stereocenters. The first-order valence-electron chi connectivity index (χ1n) is 16.0. The van der Waals surface area contributed by atoms with Crippen LogP contribution >= 0.6 is 0 Å². The van der Waals surface area contributed by atoms with Gasteiger partial charge in [-0.2, -0.15) is 0 Å². The van der Waals surface area contributed by atoms with E-state index in [0.29, 0.717) is 11.8 Å². The Kier molecular flexibility index (Phi) is 6.52. The zero-order valence-electron chi connectivity index (χ0n) is 25.8. The van der Waals surface area contributed by atoms with Gasteiger partial charge in [0.05, 0.1) is 7.11 Å². The van der Waals surface area contributed by atoms with Gasteiger partial charge in [0.25, 0.3) is 0 Å². The predicted octanol–water partition coefficient (Wildman–Crippen LogP) is 9.76. The molecule has 1 saturated carbocycles. The summed E-state index contributed by atoms with van der Waals surface area (Å²) in [5, 5.41) is 2.45. The second-order valence-electron chi connectivity index (χ2n) is 12.9. The second kappa shape index (κ2) is 10.6. The number of hydrogen-bond acceptors (Lipinski definition) is 3. The molecule has 1 aliphatic heterocycles. The highest BCUT2D eigenvalue weighted by atomic mass is 16.5. The highest BCUT2D eigenvalue weighted by molar-refractivity contribution is 6.06. The van der Waals surface area contributed by atoms with Crippen molar-refractivity contribution in [3.05, 3.63) is 131 Å². The van der Waals surface area contributed by atoms with Gasteiger partial charge >= 0.3 is 0 Å². The number of ether oxygens (including phenoxy) is 2. The fourth-order valence-corrected chi connectivity index (χ4v) is 8.19. The van der Waals surface area contributed by atoms with Crippen LogP contribution in [0.3, 0.4) is 0 Å². The maximum atomic E-state index is 7.50. The predicted molar refractivity (Wildman–Crippen MR) is 182 cm³/mol. The van der Waals surface area contributed by atoms with Crippen LogP contribution in [-0.2, 0) is 12.0 Å². The van der Waals surface area contributed by atoms with Gasteiger partial charge in [0, 0.05) is 41.9 Å². The summed E-state index contributed by atoms with van der Waals surface area (Å²) in [7, 11) is 5.94. The Balaban J connectivity index is 1.42. The molecule has 0 N–H and O–H groups in total. The van der Waals surface area contributed by atoms with Crippen molar-refractivity contribution in [2.45, 2.75) is 43.6 Å². The molecule has 0 aromatic heterocycles. The molecule has 44 heavy (non-hydrogen) atoms. The maximum Gasteiger partial charge on any atom is 0.178 e. The molecule has 220 valence electrons. The van der Waals surface area contributed by atoms with Crippen LogP contribution in [0.15, 0.2) is 103 Å². The van der Waals surface area contributed by atoms with E-state index in [-0.39, 0.29) is 0 Å². The van der Waals surface area contributed by atoms with Gasteiger partial charge in [-0.1, -0.05) is 91.7 Å². The average Bonchev–Trinajstić information content (AvgIpc) is 3.23. The van der Waals surface area contributed by atoms with Gasteiger partial charge in [-0.05, 0) is 89.1 Å². The minimum atomic E-state index is -0.738. The van der Waals surface area contributed by atoms with E-state index >= 15 is 0 Å². The molecule has 0 radical (unpaired) electrons. The summed E-state index contributed by atoms with van der Waals surface area (Å²) in [6.45, 7) is 0. The fraction of sp³-hybridized carbons (Fsp3) is 0.268. The number of rotatable bonds is 4. The zero-order chi connectivity index (χ0) is 29.8. The van der Waals surface area contributed by atoms with E-state index in [1.54, 1.807) is 7.11 Å². The molecule has 5 aromatic carbocycles. The summed E-state index contributed by atoms with van der Waals surface area (Å²) in [6, 6.07) is 35.2. The van der Waals surface area contributed by atoms with Gasteiger partial charge in [0.1, 0.15) is 11.5 Å². The molecule has 2 aliphatic carbocycles. The number of hydrogen-bond donors (Lipinski definition) is 0. The van der Waals surface area contributed by atoms with Crippen LogP contribution in [-0.4, -0.2) is 21.2 Å². The van der Waals surface area contributed by atoms with E-state index in [2.05, 4.69) is 128 Å². The van der Waals surface area contributed by atoms with Crippen LogP contribution in [0, 0.1) is 5.92 Å². The third-order valence-corrected chi connectivity index (χ3v) is 10.4. The van der Waals surface area contributed by atoms with Crippen LogP contribution < -0.4 is 14.4 Å². The summed E-state index contributed by atoms with van der Waals surface area (Å²) >= 11 is 0. The van der Waals surface area contributed by atoms with Crippen LogP contribution in [0.5, 0.6) is 11.5 Å². The first-order chi connectivity index (χ1) is 21.6. The number of anilines is 1. The summed E-state index contributed by atoms with van der Waals surface area (Å²) in [5.74, 6) is 3.04. The Morgan fingerprint density at radius 1 is 0.795 bits per heavy atom. The normalized spacial score (nSPS) is 21.7. The largest absolute Gasteiger partial charge is 0.497 e. The average molecular weight is 578 g/mol. The van der Waals surface area contributed by atoms with Crippen molar-refractivity contribution in [3.63, 3.8) is 0 Å². The molecule has 8 rings (SSSR count). The lowest BCUT2D eigenvalue weighted by molar-refractivity contribution is 0.163. The van der Waals surface area contributed by atoms with E-state index in [0.717, 1.165) is 29.0 Å². The quantitative estimate of drug-likeness (QED) is 0.212. The van der Waals surface area contributed by atoms with Crippen LogP contribution in [0.2, 0.25) is 0 Å². The first-order valence-corrected chi connectivity index (χ1v) is 16.0. The van der Waals surface area contributed by atoms with Crippen molar-refractivity contribution in [3.8, 4) is 22.6 Å². The monoisotopic (exact) mass is 577 g/mol. The van der Waals surface area contributed by atoms with E-state index in [1.807, 2.05) is 0 Å². The van der Waals surface area contributed by atoms with Gasteiger partial charge in [-0.25, -0.2) is 0 Å². The number of methoxy groups -OCH3 is 1. The van der Waals surface area contributed by atoms with E-state index in [4.69, 9.17) is 9.47 Å². The highest BCUT2D eigenvalue weighted by Gasteiger charge is 2.42. The fourth-order valence-electron chi connectivity index (χ4n) is 8.19. The van der Waals surface area contributed by atoms with Crippen LogP contribution in [0.4, 0.5) is 5.69 Å². The van der Waals surface area contributed by atoms with Gasteiger partial charge in [-0.3, -0.25) is 0 Å². The third kappa shape index (κ3) is 4.17. The Labute approximate surface area is 260 Å². The lowest BCUT2D eigenvalue weighted by atomic mass is 9.71. The Morgan fingerprint density at radius 3 is 2.30 bits per heavy atom. The van der Waals surface area contributed by atoms with Gasteiger partial charge in [0.2, 0.25) is 0 Å². The minimum absolute atomic E-state index is 0.493.